The van der Waals surface area contributed by atoms with Crippen molar-refractivity contribution in [3.05, 3.63) is 65.5 Å². The topological polar surface area (TPSA) is 43.4 Å². The van der Waals surface area contributed by atoms with E-state index in [-0.39, 0.29) is 23.2 Å². The van der Waals surface area contributed by atoms with Gasteiger partial charge >= 0.3 is 0 Å². The fourth-order valence-electron chi connectivity index (χ4n) is 6.28. The summed E-state index contributed by atoms with van der Waals surface area (Å²) in [7, 11) is 1.84. The van der Waals surface area contributed by atoms with Crippen LogP contribution in [-0.2, 0) is 21.3 Å². The van der Waals surface area contributed by atoms with Gasteiger partial charge in [-0.2, -0.15) is 0 Å². The first-order valence-corrected chi connectivity index (χ1v) is 11.6. The minimum absolute atomic E-state index is 0.0742. The number of ether oxygens (including phenoxy) is 2. The Labute approximate surface area is 180 Å². The summed E-state index contributed by atoms with van der Waals surface area (Å²) in [5.41, 5.74) is 4.23. The Balaban J connectivity index is 1.35. The van der Waals surface area contributed by atoms with E-state index in [9.17, 15) is 0 Å². The van der Waals surface area contributed by atoms with Gasteiger partial charge in [0, 0.05) is 37.4 Å². The summed E-state index contributed by atoms with van der Waals surface area (Å²) in [5, 5.41) is 3.87. The minimum atomic E-state index is 0.0742. The highest BCUT2D eigenvalue weighted by atomic mass is 16.5. The largest absolute Gasteiger partial charge is 0.379 e. The molecule has 0 amide bonds. The van der Waals surface area contributed by atoms with Crippen molar-refractivity contribution in [2.24, 2.45) is 0 Å². The highest BCUT2D eigenvalue weighted by Gasteiger charge is 2.48. The average molecular weight is 407 g/mol. The molecule has 2 fully saturated rings. The number of methoxy groups -OCH3 is 1. The molecule has 3 atom stereocenters. The van der Waals surface area contributed by atoms with E-state index in [1.54, 1.807) is 0 Å². The fraction of sp³-hybridized carbons (Fsp3) is 0.577. The van der Waals surface area contributed by atoms with E-state index in [1.807, 2.05) is 19.4 Å². The van der Waals surface area contributed by atoms with E-state index in [2.05, 4.69) is 41.7 Å². The lowest BCUT2D eigenvalue weighted by atomic mass is 9.68. The Morgan fingerprint density at radius 2 is 1.93 bits per heavy atom. The van der Waals surface area contributed by atoms with E-state index >= 15 is 0 Å². The predicted octanol–water partition coefficient (Wildman–Crippen LogP) is 4.73. The second-order valence-corrected chi connectivity index (χ2v) is 9.52. The highest BCUT2D eigenvalue weighted by Crippen LogP contribution is 2.49. The summed E-state index contributed by atoms with van der Waals surface area (Å²) in [4.78, 5) is 4.84. The minimum Gasteiger partial charge on any atom is -0.379 e. The molecule has 4 heteroatoms. The molecule has 2 aromatic rings. The third-order valence-electron chi connectivity index (χ3n) is 7.83. The Hall–Kier alpha value is -1.75. The molecule has 160 valence electrons. The van der Waals surface area contributed by atoms with Crippen molar-refractivity contribution in [1.82, 2.24) is 10.3 Å². The monoisotopic (exact) mass is 406 g/mol. The standard InChI is InChI=1S/C26H34N2O2/c1-29-22-18-20-8-2-3-9-21(20)24(22)28-16-13-25(23-10-4-7-15-27-23)14-17-30-26(19-25)11-5-6-12-26/h2-4,7-10,15,22,24,28H,5-6,11-14,16-19H2,1H3/t22-,24-,25?/m0/s1. The molecular weight excluding hydrogens is 372 g/mol. The zero-order chi connectivity index (χ0) is 20.4. The predicted molar refractivity (Wildman–Crippen MR) is 119 cm³/mol. The molecule has 30 heavy (non-hydrogen) atoms. The van der Waals surface area contributed by atoms with Crippen molar-refractivity contribution in [2.75, 3.05) is 20.3 Å². The Morgan fingerprint density at radius 1 is 1.10 bits per heavy atom. The lowest BCUT2D eigenvalue weighted by molar-refractivity contribution is -0.104. The summed E-state index contributed by atoms with van der Waals surface area (Å²) >= 11 is 0. The summed E-state index contributed by atoms with van der Waals surface area (Å²) in [6.07, 6.45) is 11.4. The SMILES string of the molecule is CO[C@H]1Cc2ccccc2[C@@H]1NCCC1(c2ccccn2)CCOC2(CCCC2)C1. The van der Waals surface area contributed by atoms with Crippen LogP contribution >= 0.6 is 0 Å². The van der Waals surface area contributed by atoms with Crippen molar-refractivity contribution in [3.8, 4) is 0 Å². The number of fused-ring (bicyclic) bond motifs is 1. The van der Waals surface area contributed by atoms with Gasteiger partial charge in [-0.25, -0.2) is 0 Å². The lowest BCUT2D eigenvalue weighted by Gasteiger charge is -2.46. The molecule has 3 aliphatic rings. The molecule has 1 aromatic heterocycles. The van der Waals surface area contributed by atoms with Crippen LogP contribution in [0, 0.1) is 0 Å². The molecule has 1 N–H and O–H groups in total. The smallest absolute Gasteiger partial charge is 0.0806 e. The van der Waals surface area contributed by atoms with Crippen molar-refractivity contribution in [2.45, 2.75) is 74.5 Å². The molecular formula is C26H34N2O2. The zero-order valence-electron chi connectivity index (χ0n) is 18.1. The summed E-state index contributed by atoms with van der Waals surface area (Å²) in [5.74, 6) is 0. The van der Waals surface area contributed by atoms with Gasteiger partial charge < -0.3 is 14.8 Å². The molecule has 1 unspecified atom stereocenters. The normalized spacial score (nSPS) is 29.9. The van der Waals surface area contributed by atoms with Crippen LogP contribution in [0.5, 0.6) is 0 Å². The van der Waals surface area contributed by atoms with Crippen LogP contribution in [0.2, 0.25) is 0 Å². The number of rotatable bonds is 6. The third kappa shape index (κ3) is 3.70. The van der Waals surface area contributed by atoms with E-state index in [0.717, 1.165) is 38.8 Å². The molecule has 2 aliphatic carbocycles. The van der Waals surface area contributed by atoms with E-state index in [1.165, 1.54) is 42.5 Å². The van der Waals surface area contributed by atoms with E-state index in [4.69, 9.17) is 14.5 Å². The number of hydrogen-bond donors (Lipinski definition) is 1. The van der Waals surface area contributed by atoms with Gasteiger partial charge in [0.15, 0.2) is 0 Å². The van der Waals surface area contributed by atoms with Gasteiger partial charge in [0.1, 0.15) is 0 Å². The number of pyridine rings is 1. The van der Waals surface area contributed by atoms with Gasteiger partial charge in [0.2, 0.25) is 0 Å². The Kier molecular flexibility index (Phi) is 5.65. The van der Waals surface area contributed by atoms with Crippen LogP contribution in [0.3, 0.4) is 0 Å². The molecule has 5 rings (SSSR count). The van der Waals surface area contributed by atoms with Crippen molar-refractivity contribution in [3.63, 3.8) is 0 Å². The van der Waals surface area contributed by atoms with Crippen LogP contribution in [-0.4, -0.2) is 37.0 Å². The molecule has 1 aliphatic heterocycles. The van der Waals surface area contributed by atoms with Gasteiger partial charge in [-0.1, -0.05) is 43.2 Å². The van der Waals surface area contributed by atoms with Gasteiger partial charge in [-0.15, -0.1) is 0 Å². The fourth-order valence-corrected chi connectivity index (χ4v) is 6.28. The second-order valence-electron chi connectivity index (χ2n) is 9.52. The van der Waals surface area contributed by atoms with Crippen LogP contribution in [0.1, 0.15) is 67.8 Å². The zero-order valence-corrected chi connectivity index (χ0v) is 18.1. The maximum Gasteiger partial charge on any atom is 0.0806 e. The van der Waals surface area contributed by atoms with Crippen LogP contribution in [0.4, 0.5) is 0 Å². The molecule has 1 spiro atoms. The third-order valence-corrected chi connectivity index (χ3v) is 7.83. The van der Waals surface area contributed by atoms with Gasteiger partial charge in [-0.3, -0.25) is 4.98 Å². The quantitative estimate of drug-likeness (QED) is 0.753. The Morgan fingerprint density at radius 3 is 2.73 bits per heavy atom. The number of aromatic nitrogens is 1. The summed E-state index contributed by atoms with van der Waals surface area (Å²) in [6.45, 7) is 1.81. The molecule has 0 radical (unpaired) electrons. The second kappa shape index (κ2) is 8.41. The molecule has 1 saturated carbocycles. The van der Waals surface area contributed by atoms with Gasteiger partial charge in [0.25, 0.3) is 0 Å². The van der Waals surface area contributed by atoms with Crippen molar-refractivity contribution < 1.29 is 9.47 Å². The van der Waals surface area contributed by atoms with Gasteiger partial charge in [0.05, 0.1) is 17.7 Å². The summed E-state index contributed by atoms with van der Waals surface area (Å²) in [6, 6.07) is 15.4. The highest BCUT2D eigenvalue weighted by molar-refractivity contribution is 5.36. The van der Waals surface area contributed by atoms with Crippen LogP contribution in [0.25, 0.3) is 0 Å². The molecule has 1 aromatic carbocycles. The van der Waals surface area contributed by atoms with Crippen LogP contribution in [0.15, 0.2) is 48.7 Å². The van der Waals surface area contributed by atoms with Gasteiger partial charge in [-0.05, 0) is 61.9 Å². The first-order valence-electron chi connectivity index (χ1n) is 11.6. The molecule has 2 heterocycles. The average Bonchev–Trinajstić information content (AvgIpc) is 3.39. The summed E-state index contributed by atoms with van der Waals surface area (Å²) < 4.78 is 12.2. The van der Waals surface area contributed by atoms with Crippen LogP contribution < -0.4 is 5.32 Å². The molecule has 4 nitrogen and oxygen atoms in total. The lowest BCUT2D eigenvalue weighted by Crippen LogP contribution is -2.47. The number of benzene rings is 1. The van der Waals surface area contributed by atoms with E-state index < -0.39 is 0 Å². The molecule has 0 bridgehead atoms. The van der Waals surface area contributed by atoms with E-state index in [0.29, 0.717) is 0 Å². The Bertz CT molecular complexity index is 849. The number of nitrogens with zero attached hydrogens (tertiary/aromatic N) is 1. The molecule has 1 saturated heterocycles. The first-order chi connectivity index (χ1) is 14.7. The van der Waals surface area contributed by atoms with Crippen molar-refractivity contribution in [1.29, 1.82) is 0 Å². The number of hydrogen-bond acceptors (Lipinski definition) is 4. The van der Waals surface area contributed by atoms with Crippen molar-refractivity contribution >= 4 is 0 Å². The maximum atomic E-state index is 6.40. The first kappa shape index (κ1) is 20.2. The maximum absolute atomic E-state index is 6.40. The number of nitrogens with one attached hydrogen (secondary N) is 1.